The van der Waals surface area contributed by atoms with Crippen molar-refractivity contribution in [2.75, 3.05) is 11.5 Å². The van der Waals surface area contributed by atoms with Gasteiger partial charge in [0.1, 0.15) is 0 Å². The second kappa shape index (κ2) is 4.91. The molecule has 6 heteroatoms. The van der Waals surface area contributed by atoms with E-state index >= 15 is 0 Å². The van der Waals surface area contributed by atoms with Crippen LogP contribution in [0, 0.1) is 5.92 Å². The lowest BCUT2D eigenvalue weighted by Gasteiger charge is -2.10. The molecule has 17 heavy (non-hydrogen) atoms. The zero-order chi connectivity index (χ0) is 12.4. The third-order valence-corrected chi connectivity index (χ3v) is 4.14. The van der Waals surface area contributed by atoms with Gasteiger partial charge in [0, 0.05) is 12.7 Å². The molecule has 0 spiro atoms. The highest BCUT2D eigenvalue weighted by Gasteiger charge is 2.19. The normalized spacial score (nSPS) is 19.5. The van der Waals surface area contributed by atoms with E-state index in [0.717, 1.165) is 22.5 Å². The molecule has 0 radical (unpaired) electrons. The summed E-state index contributed by atoms with van der Waals surface area (Å²) < 4.78 is 1.15. The van der Waals surface area contributed by atoms with Crippen molar-refractivity contribution in [1.82, 2.24) is 9.55 Å². The minimum Gasteiger partial charge on any atom is -0.313 e. The summed E-state index contributed by atoms with van der Waals surface area (Å²) in [7, 11) is 0. The molecule has 1 aliphatic heterocycles. The molecule has 0 amide bonds. The van der Waals surface area contributed by atoms with Gasteiger partial charge in [-0.3, -0.25) is 14.2 Å². The van der Waals surface area contributed by atoms with E-state index in [1.54, 1.807) is 0 Å². The molecule has 2 heterocycles. The lowest BCUT2D eigenvalue weighted by molar-refractivity contribution is 0.101. The minimum atomic E-state index is -0.474. The first kappa shape index (κ1) is 12.2. The largest absolute Gasteiger partial charge is 0.328 e. The summed E-state index contributed by atoms with van der Waals surface area (Å²) in [6.45, 7) is 1.73. The van der Waals surface area contributed by atoms with E-state index in [1.807, 2.05) is 11.8 Å². The molecule has 0 aliphatic carbocycles. The molecule has 1 aliphatic rings. The first-order valence-electron chi connectivity index (χ1n) is 5.51. The fraction of sp³-hybridized carbons (Fsp3) is 0.545. The number of Topliss-reactive ketones (excluding diaryl/α,β-unsaturated/α-hetero) is 1. The van der Waals surface area contributed by atoms with Crippen molar-refractivity contribution in [2.45, 2.75) is 19.9 Å². The van der Waals surface area contributed by atoms with Crippen molar-refractivity contribution in [2.24, 2.45) is 5.92 Å². The van der Waals surface area contributed by atoms with Gasteiger partial charge in [-0.2, -0.15) is 11.8 Å². The monoisotopic (exact) mass is 254 g/mol. The number of rotatable bonds is 3. The van der Waals surface area contributed by atoms with Crippen LogP contribution in [0.25, 0.3) is 0 Å². The topological polar surface area (TPSA) is 71.9 Å². The van der Waals surface area contributed by atoms with Crippen molar-refractivity contribution in [3.05, 3.63) is 32.6 Å². The predicted molar refractivity (Wildman–Crippen MR) is 66.8 cm³/mol. The highest BCUT2D eigenvalue weighted by Crippen LogP contribution is 2.23. The molecule has 5 nitrogen and oxygen atoms in total. The van der Waals surface area contributed by atoms with Crippen molar-refractivity contribution in [3.8, 4) is 0 Å². The number of hydrogen-bond acceptors (Lipinski definition) is 4. The summed E-state index contributed by atoms with van der Waals surface area (Å²) in [5, 5.41) is 0. The van der Waals surface area contributed by atoms with Crippen LogP contribution in [-0.2, 0) is 6.54 Å². The smallest absolute Gasteiger partial charge is 0.313 e. The summed E-state index contributed by atoms with van der Waals surface area (Å²) in [6, 6.07) is 0. The Morgan fingerprint density at radius 1 is 1.59 bits per heavy atom. The van der Waals surface area contributed by atoms with E-state index < -0.39 is 11.2 Å². The number of carbonyl (C=O) groups is 1. The van der Waals surface area contributed by atoms with Gasteiger partial charge in [0.2, 0.25) is 0 Å². The van der Waals surface area contributed by atoms with Crippen molar-refractivity contribution in [1.29, 1.82) is 0 Å². The molecular weight excluding hydrogens is 240 g/mol. The number of thioether (sulfide) groups is 1. The van der Waals surface area contributed by atoms with Gasteiger partial charge in [0.25, 0.3) is 5.56 Å². The molecule has 1 aromatic rings. The van der Waals surface area contributed by atoms with E-state index in [1.165, 1.54) is 13.1 Å². The molecule has 1 atom stereocenters. The summed E-state index contributed by atoms with van der Waals surface area (Å²) in [5.74, 6) is 2.07. The summed E-state index contributed by atoms with van der Waals surface area (Å²) in [6.07, 6.45) is 2.22. The van der Waals surface area contributed by atoms with Gasteiger partial charge in [-0.05, 0) is 30.8 Å². The molecule has 0 aromatic carbocycles. The fourth-order valence-electron chi connectivity index (χ4n) is 1.91. The first-order chi connectivity index (χ1) is 8.09. The van der Waals surface area contributed by atoms with E-state index in [9.17, 15) is 14.4 Å². The summed E-state index contributed by atoms with van der Waals surface area (Å²) >= 11 is 1.83. The van der Waals surface area contributed by atoms with Crippen LogP contribution >= 0.6 is 11.8 Å². The lowest BCUT2D eigenvalue weighted by Crippen LogP contribution is -2.39. The molecule has 0 bridgehead atoms. The minimum absolute atomic E-state index is 0.0512. The van der Waals surface area contributed by atoms with E-state index in [0.29, 0.717) is 12.5 Å². The lowest BCUT2D eigenvalue weighted by atomic mass is 10.1. The van der Waals surface area contributed by atoms with Gasteiger partial charge in [-0.25, -0.2) is 4.79 Å². The number of aromatic nitrogens is 2. The van der Waals surface area contributed by atoms with Crippen molar-refractivity contribution >= 4 is 17.5 Å². The van der Waals surface area contributed by atoms with E-state index in [-0.39, 0.29) is 11.3 Å². The van der Waals surface area contributed by atoms with Crippen LogP contribution in [0.15, 0.2) is 15.8 Å². The van der Waals surface area contributed by atoms with Crippen molar-refractivity contribution in [3.63, 3.8) is 0 Å². The molecule has 92 valence electrons. The SMILES string of the molecule is CC(=O)c1c[nH]c(=O)n(CC2CCSC2)c1=O. The number of ketones is 1. The van der Waals surface area contributed by atoms with Gasteiger partial charge < -0.3 is 4.98 Å². The highest BCUT2D eigenvalue weighted by atomic mass is 32.2. The Morgan fingerprint density at radius 2 is 2.35 bits per heavy atom. The van der Waals surface area contributed by atoms with Gasteiger partial charge in [-0.15, -0.1) is 0 Å². The molecule has 1 aromatic heterocycles. The number of nitrogens with zero attached hydrogens (tertiary/aromatic N) is 1. The van der Waals surface area contributed by atoms with Gasteiger partial charge >= 0.3 is 5.69 Å². The van der Waals surface area contributed by atoms with E-state index in [4.69, 9.17) is 0 Å². The van der Waals surface area contributed by atoms with Crippen molar-refractivity contribution < 1.29 is 4.79 Å². The summed E-state index contributed by atoms with van der Waals surface area (Å²) in [5.41, 5.74) is -0.856. The maximum atomic E-state index is 11.9. The van der Waals surface area contributed by atoms with Crippen LogP contribution in [0.3, 0.4) is 0 Å². The van der Waals surface area contributed by atoms with Gasteiger partial charge in [0.05, 0.1) is 5.56 Å². The average molecular weight is 254 g/mol. The second-order valence-corrected chi connectivity index (χ2v) is 5.36. The maximum Gasteiger partial charge on any atom is 0.328 e. The number of aromatic amines is 1. The molecule has 1 saturated heterocycles. The average Bonchev–Trinajstić information content (AvgIpc) is 2.76. The summed E-state index contributed by atoms with van der Waals surface area (Å²) in [4.78, 5) is 37.2. The third kappa shape index (κ3) is 2.52. The quantitative estimate of drug-likeness (QED) is 0.797. The van der Waals surface area contributed by atoms with Crippen LogP contribution < -0.4 is 11.2 Å². The third-order valence-electron chi connectivity index (χ3n) is 2.90. The highest BCUT2D eigenvalue weighted by molar-refractivity contribution is 7.99. The molecule has 1 unspecified atom stereocenters. The molecule has 1 N–H and O–H groups in total. The molecular formula is C11H14N2O3S. The molecule has 2 rings (SSSR count). The Morgan fingerprint density at radius 3 is 2.94 bits per heavy atom. The van der Waals surface area contributed by atoms with Gasteiger partial charge in [-0.1, -0.05) is 0 Å². The maximum absolute atomic E-state index is 11.9. The van der Waals surface area contributed by atoms with Crippen LogP contribution in [0.4, 0.5) is 0 Å². The second-order valence-electron chi connectivity index (χ2n) is 4.21. The zero-order valence-corrected chi connectivity index (χ0v) is 10.4. The number of H-pyrrole nitrogens is 1. The Kier molecular flexibility index (Phi) is 3.51. The Bertz CT molecular complexity index is 540. The molecule has 0 saturated carbocycles. The van der Waals surface area contributed by atoms with Crippen LogP contribution in [0.5, 0.6) is 0 Å². The standard InChI is InChI=1S/C11H14N2O3S/c1-7(14)9-4-12-11(16)13(10(9)15)5-8-2-3-17-6-8/h4,8H,2-3,5-6H2,1H3,(H,12,16). The van der Waals surface area contributed by atoms with Gasteiger partial charge in [0.15, 0.2) is 5.78 Å². The Hall–Kier alpha value is -1.30. The Labute approximate surface area is 102 Å². The number of hydrogen-bond donors (Lipinski definition) is 1. The van der Waals surface area contributed by atoms with Crippen LogP contribution in [0.1, 0.15) is 23.7 Å². The fourth-order valence-corrected chi connectivity index (χ4v) is 3.19. The Balaban J connectivity index is 2.38. The van der Waals surface area contributed by atoms with Crippen LogP contribution in [-0.4, -0.2) is 26.8 Å². The number of nitrogens with one attached hydrogen (secondary N) is 1. The molecule has 1 fully saturated rings. The first-order valence-corrected chi connectivity index (χ1v) is 6.66. The zero-order valence-electron chi connectivity index (χ0n) is 9.56. The van der Waals surface area contributed by atoms with Crippen LogP contribution in [0.2, 0.25) is 0 Å². The number of carbonyl (C=O) groups excluding carboxylic acids is 1. The predicted octanol–water partition coefficient (Wildman–Crippen LogP) is 0.492. The van der Waals surface area contributed by atoms with E-state index in [2.05, 4.69) is 4.98 Å².